The molecule has 2 aromatic carbocycles. The van der Waals surface area contributed by atoms with Crippen LogP contribution in [0.5, 0.6) is 5.75 Å². The van der Waals surface area contributed by atoms with Crippen LogP contribution in [0.3, 0.4) is 0 Å². The summed E-state index contributed by atoms with van der Waals surface area (Å²) in [5.41, 5.74) is 2.03. The molecule has 5 nitrogen and oxygen atoms in total. The standard InChI is InChI=1S/C22H27ClFN3O2/c1-25(14-18-5-8-21(29-2)20(24)13-18)16-22(28)27-11-9-26(10-12-27)15-17-3-6-19(23)7-4-17/h3-8,13H,9-12,14-16H2,1-2H3. The van der Waals surface area contributed by atoms with Gasteiger partial charge in [-0.3, -0.25) is 14.6 Å². The number of nitrogens with zero attached hydrogens (tertiary/aromatic N) is 3. The summed E-state index contributed by atoms with van der Waals surface area (Å²) in [6, 6.07) is 12.8. The molecule has 0 spiro atoms. The quantitative estimate of drug-likeness (QED) is 0.690. The number of rotatable bonds is 7. The highest BCUT2D eigenvalue weighted by atomic mass is 35.5. The number of benzene rings is 2. The van der Waals surface area contributed by atoms with Crippen molar-refractivity contribution in [1.29, 1.82) is 0 Å². The lowest BCUT2D eigenvalue weighted by molar-refractivity contribution is -0.134. The average Bonchev–Trinajstić information content (AvgIpc) is 2.70. The van der Waals surface area contributed by atoms with Crippen molar-refractivity contribution < 1.29 is 13.9 Å². The van der Waals surface area contributed by atoms with Gasteiger partial charge >= 0.3 is 0 Å². The van der Waals surface area contributed by atoms with Crippen molar-refractivity contribution in [2.45, 2.75) is 13.1 Å². The van der Waals surface area contributed by atoms with Gasteiger partial charge in [0.05, 0.1) is 13.7 Å². The summed E-state index contributed by atoms with van der Waals surface area (Å²) in [6.07, 6.45) is 0. The van der Waals surface area contributed by atoms with Crippen LogP contribution in [0.25, 0.3) is 0 Å². The van der Waals surface area contributed by atoms with Crippen LogP contribution >= 0.6 is 11.6 Å². The Hall–Kier alpha value is -2.15. The van der Waals surface area contributed by atoms with E-state index in [0.29, 0.717) is 13.1 Å². The molecule has 1 heterocycles. The highest BCUT2D eigenvalue weighted by molar-refractivity contribution is 6.30. The highest BCUT2D eigenvalue weighted by Gasteiger charge is 2.22. The van der Waals surface area contributed by atoms with Crippen molar-refractivity contribution in [3.63, 3.8) is 0 Å². The first-order valence-corrected chi connectivity index (χ1v) is 10.1. The van der Waals surface area contributed by atoms with E-state index in [2.05, 4.69) is 4.90 Å². The third-order valence-corrected chi connectivity index (χ3v) is 5.37. The van der Waals surface area contributed by atoms with Gasteiger partial charge in [0, 0.05) is 44.3 Å². The molecule has 3 rings (SSSR count). The summed E-state index contributed by atoms with van der Waals surface area (Å²) < 4.78 is 18.8. The minimum absolute atomic E-state index is 0.104. The lowest BCUT2D eigenvalue weighted by Crippen LogP contribution is -2.50. The van der Waals surface area contributed by atoms with Gasteiger partial charge in [-0.25, -0.2) is 4.39 Å². The molecule has 2 aromatic rings. The molecule has 0 radical (unpaired) electrons. The summed E-state index contributed by atoms with van der Waals surface area (Å²) >= 11 is 5.94. The van der Waals surface area contributed by atoms with Gasteiger partial charge in [-0.15, -0.1) is 0 Å². The molecule has 0 unspecified atom stereocenters. The third kappa shape index (κ3) is 6.16. The van der Waals surface area contributed by atoms with Crippen molar-refractivity contribution in [3.05, 3.63) is 64.4 Å². The lowest BCUT2D eigenvalue weighted by Gasteiger charge is -2.35. The molecule has 0 saturated carbocycles. The fourth-order valence-corrected chi connectivity index (χ4v) is 3.64. The number of carbonyl (C=O) groups is 1. The zero-order chi connectivity index (χ0) is 20.8. The number of ether oxygens (including phenoxy) is 1. The van der Waals surface area contributed by atoms with Crippen LogP contribution < -0.4 is 4.74 Å². The summed E-state index contributed by atoms with van der Waals surface area (Å²) in [5, 5.41) is 0.741. The van der Waals surface area contributed by atoms with E-state index in [1.165, 1.54) is 18.7 Å². The van der Waals surface area contributed by atoms with E-state index in [9.17, 15) is 9.18 Å². The molecule has 1 fully saturated rings. The number of carbonyl (C=O) groups excluding carboxylic acids is 1. The average molecular weight is 420 g/mol. The first-order chi connectivity index (χ1) is 13.9. The van der Waals surface area contributed by atoms with E-state index in [4.69, 9.17) is 16.3 Å². The molecule has 0 aliphatic carbocycles. The number of halogens is 2. The topological polar surface area (TPSA) is 36.0 Å². The Bertz CT molecular complexity index is 823. The van der Waals surface area contributed by atoms with Crippen LogP contribution in [0.2, 0.25) is 5.02 Å². The predicted molar refractivity (Wildman–Crippen MR) is 113 cm³/mol. The maximum atomic E-state index is 13.8. The Kier molecular flexibility index (Phi) is 7.47. The van der Waals surface area contributed by atoms with E-state index in [-0.39, 0.29) is 17.5 Å². The molecule has 0 N–H and O–H groups in total. The van der Waals surface area contributed by atoms with Crippen molar-refractivity contribution in [3.8, 4) is 5.75 Å². The number of likely N-dealkylation sites (N-methyl/N-ethyl adjacent to an activating group) is 1. The lowest BCUT2D eigenvalue weighted by atomic mass is 10.2. The van der Waals surface area contributed by atoms with Crippen molar-refractivity contribution >= 4 is 17.5 Å². The van der Waals surface area contributed by atoms with E-state index in [1.807, 2.05) is 47.2 Å². The van der Waals surface area contributed by atoms with Crippen LogP contribution in [0.15, 0.2) is 42.5 Å². The van der Waals surface area contributed by atoms with Gasteiger partial charge in [-0.2, -0.15) is 0 Å². The monoisotopic (exact) mass is 419 g/mol. The summed E-state index contributed by atoms with van der Waals surface area (Å²) in [7, 11) is 3.31. The normalized spacial score (nSPS) is 15.0. The van der Waals surface area contributed by atoms with Crippen LogP contribution in [0.1, 0.15) is 11.1 Å². The van der Waals surface area contributed by atoms with Gasteiger partial charge in [0.25, 0.3) is 0 Å². The second kappa shape index (κ2) is 10.1. The molecule has 7 heteroatoms. The first kappa shape index (κ1) is 21.6. The second-order valence-electron chi connectivity index (χ2n) is 7.42. The van der Waals surface area contributed by atoms with E-state index in [0.717, 1.165) is 43.3 Å². The molecular formula is C22H27ClFN3O2. The van der Waals surface area contributed by atoms with E-state index < -0.39 is 0 Å². The summed E-state index contributed by atoms with van der Waals surface area (Å²) in [6.45, 7) is 4.81. The highest BCUT2D eigenvalue weighted by Crippen LogP contribution is 2.18. The fourth-order valence-electron chi connectivity index (χ4n) is 3.51. The molecule has 0 atom stereocenters. The Morgan fingerprint density at radius 3 is 2.38 bits per heavy atom. The van der Waals surface area contributed by atoms with E-state index >= 15 is 0 Å². The van der Waals surface area contributed by atoms with Crippen molar-refractivity contribution in [2.75, 3.05) is 46.9 Å². The molecule has 1 saturated heterocycles. The summed E-state index contributed by atoms with van der Waals surface area (Å²) in [5.74, 6) is -0.0573. The van der Waals surface area contributed by atoms with Crippen LogP contribution in [0.4, 0.5) is 4.39 Å². The fraction of sp³-hybridized carbons (Fsp3) is 0.409. The van der Waals surface area contributed by atoms with Crippen molar-refractivity contribution in [2.24, 2.45) is 0 Å². The third-order valence-electron chi connectivity index (χ3n) is 5.12. The van der Waals surface area contributed by atoms with Gasteiger partial charge in [0.15, 0.2) is 11.6 Å². The first-order valence-electron chi connectivity index (χ1n) is 9.70. The Labute approximate surface area is 176 Å². The molecule has 1 aliphatic rings. The zero-order valence-corrected chi connectivity index (χ0v) is 17.7. The maximum absolute atomic E-state index is 13.8. The predicted octanol–water partition coefficient (Wildman–Crippen LogP) is 3.26. The van der Waals surface area contributed by atoms with Crippen LogP contribution in [0, 0.1) is 5.82 Å². The zero-order valence-electron chi connectivity index (χ0n) is 16.9. The Balaban J connectivity index is 1.44. The molecule has 0 bridgehead atoms. The number of piperazine rings is 1. The van der Waals surface area contributed by atoms with Crippen molar-refractivity contribution in [1.82, 2.24) is 14.7 Å². The minimum Gasteiger partial charge on any atom is -0.494 e. The number of amides is 1. The minimum atomic E-state index is -0.387. The summed E-state index contributed by atoms with van der Waals surface area (Å²) in [4.78, 5) is 18.8. The van der Waals surface area contributed by atoms with Gasteiger partial charge in [0.2, 0.25) is 5.91 Å². The Morgan fingerprint density at radius 1 is 1.10 bits per heavy atom. The number of methoxy groups -OCH3 is 1. The van der Waals surface area contributed by atoms with Crippen LogP contribution in [-0.4, -0.2) is 67.5 Å². The SMILES string of the molecule is COc1ccc(CN(C)CC(=O)N2CCN(Cc3ccc(Cl)cc3)CC2)cc1F. The van der Waals surface area contributed by atoms with Gasteiger partial charge in [0.1, 0.15) is 0 Å². The largest absolute Gasteiger partial charge is 0.494 e. The molecule has 1 aliphatic heterocycles. The van der Waals surface area contributed by atoms with Crippen LogP contribution in [-0.2, 0) is 17.9 Å². The maximum Gasteiger partial charge on any atom is 0.236 e. The van der Waals surface area contributed by atoms with Gasteiger partial charge in [-0.1, -0.05) is 29.8 Å². The van der Waals surface area contributed by atoms with Gasteiger partial charge < -0.3 is 9.64 Å². The molecule has 29 heavy (non-hydrogen) atoms. The molecular weight excluding hydrogens is 393 g/mol. The van der Waals surface area contributed by atoms with Gasteiger partial charge in [-0.05, 0) is 42.4 Å². The number of hydrogen-bond acceptors (Lipinski definition) is 4. The second-order valence-corrected chi connectivity index (χ2v) is 7.86. The smallest absolute Gasteiger partial charge is 0.236 e. The number of hydrogen-bond donors (Lipinski definition) is 0. The van der Waals surface area contributed by atoms with E-state index in [1.54, 1.807) is 6.07 Å². The molecule has 1 amide bonds. The molecule has 0 aromatic heterocycles. The Morgan fingerprint density at radius 2 is 1.76 bits per heavy atom. The molecule has 156 valence electrons.